The summed E-state index contributed by atoms with van der Waals surface area (Å²) in [4.78, 5) is 32.2. The number of sulfonamides is 1. The second-order valence-electron chi connectivity index (χ2n) is 11.0. The van der Waals surface area contributed by atoms with E-state index >= 15 is 0 Å². The van der Waals surface area contributed by atoms with Crippen LogP contribution in [-0.4, -0.2) is 60.9 Å². The summed E-state index contributed by atoms with van der Waals surface area (Å²) in [7, 11) is -2.96. The van der Waals surface area contributed by atoms with Gasteiger partial charge >= 0.3 is 0 Å². The molecule has 2 aliphatic rings. The molecule has 6 rings (SSSR count). The first-order chi connectivity index (χ1) is 21.2. The van der Waals surface area contributed by atoms with Gasteiger partial charge in [-0.25, -0.2) is 13.4 Å². The number of ether oxygens (including phenoxy) is 2. The van der Waals surface area contributed by atoms with E-state index in [2.05, 4.69) is 11.9 Å². The minimum absolute atomic E-state index is 0.121. The Hall–Kier alpha value is -4.58. The number of nitrogens with one attached hydrogen (secondary N) is 1. The van der Waals surface area contributed by atoms with Gasteiger partial charge in [0.1, 0.15) is 23.1 Å². The Morgan fingerprint density at radius 2 is 1.77 bits per heavy atom. The van der Waals surface area contributed by atoms with Gasteiger partial charge in [0.25, 0.3) is 21.8 Å². The molecule has 0 unspecified atom stereocenters. The second kappa shape index (κ2) is 11.5. The highest BCUT2D eigenvalue weighted by Gasteiger charge is 2.60. The van der Waals surface area contributed by atoms with Crippen LogP contribution in [0.25, 0.3) is 22.2 Å². The number of carbonyl (C=O) groups excluding carboxylic acids is 2. The first kappa shape index (κ1) is 29.5. The number of imide groups is 1. The molecule has 10 nitrogen and oxygen atoms in total. The highest BCUT2D eigenvalue weighted by Crippen LogP contribution is 2.44. The molecule has 2 fully saturated rings. The van der Waals surface area contributed by atoms with Crippen LogP contribution in [0.5, 0.6) is 11.5 Å². The topological polar surface area (TPSA) is 141 Å². The van der Waals surface area contributed by atoms with Crippen molar-refractivity contribution in [2.75, 3.05) is 13.7 Å². The van der Waals surface area contributed by atoms with E-state index in [-0.39, 0.29) is 24.3 Å². The van der Waals surface area contributed by atoms with Gasteiger partial charge in [0.15, 0.2) is 0 Å². The molecule has 1 saturated carbocycles. The van der Waals surface area contributed by atoms with Crippen LogP contribution in [0.4, 0.5) is 0 Å². The Morgan fingerprint density at radius 1 is 1.07 bits per heavy atom. The number of nitrogens with two attached hydrogens (primary N) is 1. The molecule has 11 heteroatoms. The smallest absolute Gasteiger partial charge is 0.273 e. The number of nitrogens with zero attached hydrogens (tertiary/aromatic N) is 2. The third-order valence-electron chi connectivity index (χ3n) is 8.14. The fraction of sp³-hybridized carbons (Fsp3) is 0.242. The SMILES string of the molecule is C=C[C@@H]1C[C@]1(N)C(=O)N(C(=O)[C@@H]1C[C@@H](Oc2cc(-c3ccccc3)nc3cc(OC)ccc23)CN1)S(=O)(=O)c1ccccc1. The summed E-state index contributed by atoms with van der Waals surface area (Å²) in [5.74, 6) is -1.11. The molecule has 0 radical (unpaired) electrons. The maximum atomic E-state index is 13.9. The van der Waals surface area contributed by atoms with Gasteiger partial charge in [-0.3, -0.25) is 9.59 Å². The first-order valence-electron chi connectivity index (χ1n) is 14.2. The number of pyridine rings is 1. The molecule has 44 heavy (non-hydrogen) atoms. The predicted molar refractivity (Wildman–Crippen MR) is 165 cm³/mol. The molecule has 2 amide bonds. The van der Waals surface area contributed by atoms with E-state index in [1.807, 2.05) is 54.6 Å². The minimum Gasteiger partial charge on any atom is -0.497 e. The van der Waals surface area contributed by atoms with E-state index in [9.17, 15) is 18.0 Å². The van der Waals surface area contributed by atoms with Gasteiger partial charge in [-0.05, 0) is 30.7 Å². The molecule has 3 N–H and O–H groups in total. The number of carbonyl (C=O) groups is 2. The van der Waals surface area contributed by atoms with E-state index in [1.54, 1.807) is 13.2 Å². The third kappa shape index (κ3) is 5.34. The van der Waals surface area contributed by atoms with Crippen LogP contribution < -0.4 is 20.5 Å². The van der Waals surface area contributed by atoms with Crippen LogP contribution in [0.15, 0.2) is 102 Å². The van der Waals surface area contributed by atoms with Gasteiger partial charge in [0.2, 0.25) is 0 Å². The number of fused-ring (bicyclic) bond motifs is 1. The van der Waals surface area contributed by atoms with Crippen molar-refractivity contribution in [2.45, 2.75) is 35.4 Å². The average molecular weight is 613 g/mol. The van der Waals surface area contributed by atoms with Crippen LogP contribution in [0.1, 0.15) is 12.8 Å². The summed E-state index contributed by atoms with van der Waals surface area (Å²) in [6, 6.07) is 23.4. The number of benzene rings is 3. The minimum atomic E-state index is -4.54. The van der Waals surface area contributed by atoms with Crippen molar-refractivity contribution in [2.24, 2.45) is 11.7 Å². The first-order valence-corrected chi connectivity index (χ1v) is 15.6. The fourth-order valence-corrected chi connectivity index (χ4v) is 6.98. The normalized spacial score (nSPS) is 22.7. The fourth-order valence-electron chi connectivity index (χ4n) is 5.52. The van der Waals surface area contributed by atoms with E-state index < -0.39 is 45.4 Å². The highest BCUT2D eigenvalue weighted by molar-refractivity contribution is 7.90. The van der Waals surface area contributed by atoms with Crippen LogP contribution in [-0.2, 0) is 19.6 Å². The number of aromatic nitrogens is 1. The number of methoxy groups -OCH3 is 1. The maximum absolute atomic E-state index is 13.9. The summed E-state index contributed by atoms with van der Waals surface area (Å²) in [5, 5.41) is 3.81. The summed E-state index contributed by atoms with van der Waals surface area (Å²) < 4.78 is 39.6. The molecule has 4 aromatic rings. The number of amides is 2. The number of hydrogen-bond donors (Lipinski definition) is 2. The summed E-state index contributed by atoms with van der Waals surface area (Å²) in [6.45, 7) is 3.93. The van der Waals surface area contributed by atoms with Crippen molar-refractivity contribution in [3.05, 3.63) is 97.6 Å². The van der Waals surface area contributed by atoms with Gasteiger partial charge in [-0.1, -0.05) is 54.6 Å². The molecule has 2 heterocycles. The third-order valence-corrected chi connectivity index (χ3v) is 9.83. The van der Waals surface area contributed by atoms with E-state index in [1.165, 1.54) is 30.3 Å². The van der Waals surface area contributed by atoms with Crippen molar-refractivity contribution in [3.8, 4) is 22.8 Å². The molecular weight excluding hydrogens is 580 g/mol. The van der Waals surface area contributed by atoms with Crippen molar-refractivity contribution in [3.63, 3.8) is 0 Å². The van der Waals surface area contributed by atoms with Crippen LogP contribution in [0, 0.1) is 5.92 Å². The Morgan fingerprint density at radius 3 is 2.43 bits per heavy atom. The van der Waals surface area contributed by atoms with Crippen LogP contribution in [0.3, 0.4) is 0 Å². The van der Waals surface area contributed by atoms with Crippen molar-refractivity contribution >= 4 is 32.7 Å². The van der Waals surface area contributed by atoms with E-state index in [0.29, 0.717) is 27.0 Å². The largest absolute Gasteiger partial charge is 0.497 e. The summed E-state index contributed by atoms with van der Waals surface area (Å²) in [6.07, 6.45) is 1.32. The monoisotopic (exact) mass is 612 g/mol. The Balaban J connectivity index is 1.29. The summed E-state index contributed by atoms with van der Waals surface area (Å²) >= 11 is 0. The molecule has 4 atom stereocenters. The van der Waals surface area contributed by atoms with E-state index in [0.717, 1.165) is 10.9 Å². The lowest BCUT2D eigenvalue weighted by atomic mass is 10.1. The number of hydrogen-bond acceptors (Lipinski definition) is 9. The molecule has 0 spiro atoms. The zero-order valence-corrected chi connectivity index (χ0v) is 24.9. The highest BCUT2D eigenvalue weighted by atomic mass is 32.2. The maximum Gasteiger partial charge on any atom is 0.273 e. The van der Waals surface area contributed by atoms with Crippen LogP contribution >= 0.6 is 0 Å². The summed E-state index contributed by atoms with van der Waals surface area (Å²) in [5.41, 5.74) is 7.03. The van der Waals surface area contributed by atoms with Gasteiger partial charge in [-0.15, -0.1) is 6.58 Å². The van der Waals surface area contributed by atoms with Crippen molar-refractivity contribution in [1.82, 2.24) is 14.6 Å². The van der Waals surface area contributed by atoms with Crippen molar-refractivity contribution < 1.29 is 27.5 Å². The average Bonchev–Trinajstić information content (AvgIpc) is 3.51. The molecule has 1 saturated heterocycles. The molecule has 0 bridgehead atoms. The van der Waals surface area contributed by atoms with Gasteiger partial charge in [0, 0.05) is 42.0 Å². The molecule has 226 valence electrons. The van der Waals surface area contributed by atoms with Gasteiger partial charge < -0.3 is 20.5 Å². The Labute approximate surface area is 255 Å². The second-order valence-corrected chi connectivity index (χ2v) is 12.8. The molecule has 1 aromatic heterocycles. The molecular formula is C33H32N4O6S. The standard InChI is InChI=1S/C33H32N4O6S/c1-3-22-19-33(22,34)32(39)37(44(40,41)25-12-8-5-9-13-25)31(38)29-17-24(20-35-29)43-30-18-27(21-10-6-4-7-11-21)36-28-16-23(42-2)14-15-26(28)30/h3-16,18,22,24,29,35H,1,17,19-20,34H2,2H3/t22-,24-,29+,33-/m1/s1. The number of rotatable bonds is 9. The van der Waals surface area contributed by atoms with Crippen molar-refractivity contribution in [1.29, 1.82) is 0 Å². The molecule has 1 aliphatic carbocycles. The quantitative estimate of drug-likeness (QED) is 0.214. The van der Waals surface area contributed by atoms with Crippen LogP contribution in [0.2, 0.25) is 0 Å². The Bertz CT molecular complexity index is 1850. The zero-order valence-electron chi connectivity index (χ0n) is 24.1. The molecule has 1 aliphatic heterocycles. The van der Waals surface area contributed by atoms with Gasteiger partial charge in [0.05, 0.1) is 29.3 Å². The lowest BCUT2D eigenvalue weighted by Gasteiger charge is -2.26. The lowest BCUT2D eigenvalue weighted by molar-refractivity contribution is -0.141. The Kier molecular flexibility index (Phi) is 7.70. The predicted octanol–water partition coefficient (Wildman–Crippen LogP) is 3.67. The van der Waals surface area contributed by atoms with Gasteiger partial charge in [-0.2, -0.15) is 4.31 Å². The van der Waals surface area contributed by atoms with E-state index in [4.69, 9.17) is 20.2 Å². The molecule has 3 aromatic carbocycles. The zero-order chi connectivity index (χ0) is 31.1. The lowest BCUT2D eigenvalue weighted by Crippen LogP contribution is -2.56.